The van der Waals surface area contributed by atoms with E-state index in [0.717, 1.165) is 24.8 Å². The molecule has 0 unspecified atom stereocenters. The first-order valence-corrected chi connectivity index (χ1v) is 9.07. The summed E-state index contributed by atoms with van der Waals surface area (Å²) >= 11 is 0. The Balaban J connectivity index is 1.53. The van der Waals surface area contributed by atoms with Crippen LogP contribution in [0.3, 0.4) is 0 Å². The molecule has 6 nitrogen and oxygen atoms in total. The van der Waals surface area contributed by atoms with Gasteiger partial charge in [0.15, 0.2) is 5.69 Å². The zero-order valence-corrected chi connectivity index (χ0v) is 14.8. The minimum absolute atomic E-state index is 0.00309. The van der Waals surface area contributed by atoms with Gasteiger partial charge in [-0.1, -0.05) is 29.5 Å². The summed E-state index contributed by atoms with van der Waals surface area (Å²) in [5, 5.41) is 8.04. The van der Waals surface area contributed by atoms with Crippen LogP contribution < -0.4 is 0 Å². The number of carbonyl (C=O) groups is 1. The van der Waals surface area contributed by atoms with E-state index in [1.807, 2.05) is 23.2 Å². The maximum Gasteiger partial charge on any atom is 0.276 e. The summed E-state index contributed by atoms with van der Waals surface area (Å²) in [6.45, 7) is 0.914. The van der Waals surface area contributed by atoms with E-state index < -0.39 is 0 Å². The molecule has 0 aliphatic carbocycles. The summed E-state index contributed by atoms with van der Waals surface area (Å²) in [7, 11) is 0. The van der Waals surface area contributed by atoms with Gasteiger partial charge in [0, 0.05) is 24.5 Å². The molecule has 1 saturated heterocycles. The van der Waals surface area contributed by atoms with Crippen LogP contribution in [-0.4, -0.2) is 37.3 Å². The van der Waals surface area contributed by atoms with Gasteiger partial charge in [-0.2, -0.15) is 0 Å². The monoisotopic (exact) mass is 365 g/mol. The van der Waals surface area contributed by atoms with Crippen LogP contribution in [0, 0.1) is 5.82 Å². The van der Waals surface area contributed by atoms with Crippen LogP contribution in [0.15, 0.2) is 55.0 Å². The fraction of sp³-hybridized carbons (Fsp3) is 0.300. The molecule has 1 amide bonds. The Labute approximate surface area is 156 Å². The molecule has 1 aliphatic rings. The molecule has 7 heteroatoms. The highest BCUT2D eigenvalue weighted by atomic mass is 19.1. The van der Waals surface area contributed by atoms with E-state index in [-0.39, 0.29) is 30.0 Å². The van der Waals surface area contributed by atoms with Crippen LogP contribution in [0.25, 0.3) is 0 Å². The van der Waals surface area contributed by atoms with Gasteiger partial charge in [0.05, 0.1) is 18.8 Å². The number of nitrogens with zero attached hydrogens (tertiary/aromatic N) is 5. The molecule has 4 rings (SSSR count). The lowest BCUT2D eigenvalue weighted by Gasteiger charge is -2.35. The quantitative estimate of drug-likeness (QED) is 0.712. The number of hydrogen-bond acceptors (Lipinski definition) is 4. The number of rotatable bonds is 4. The number of likely N-dealkylation sites (tertiary alicyclic amines) is 1. The predicted octanol–water partition coefficient (Wildman–Crippen LogP) is 3.23. The fourth-order valence-corrected chi connectivity index (χ4v) is 3.52. The molecule has 3 heterocycles. The van der Waals surface area contributed by atoms with Crippen molar-refractivity contribution in [3.8, 4) is 0 Å². The maximum absolute atomic E-state index is 13.8. The fourth-order valence-electron chi connectivity index (χ4n) is 3.52. The summed E-state index contributed by atoms with van der Waals surface area (Å²) < 4.78 is 15.3. The Morgan fingerprint density at radius 2 is 2.07 bits per heavy atom. The van der Waals surface area contributed by atoms with Gasteiger partial charge in [0.2, 0.25) is 0 Å². The first-order valence-electron chi connectivity index (χ1n) is 9.07. The molecule has 1 fully saturated rings. The van der Waals surface area contributed by atoms with Crippen molar-refractivity contribution < 1.29 is 9.18 Å². The average molecular weight is 365 g/mol. The van der Waals surface area contributed by atoms with Crippen molar-refractivity contribution in [1.82, 2.24) is 24.9 Å². The second kappa shape index (κ2) is 7.65. The number of amides is 1. The summed E-state index contributed by atoms with van der Waals surface area (Å²) in [6.07, 6.45) is 8.07. The van der Waals surface area contributed by atoms with Crippen molar-refractivity contribution in [2.45, 2.75) is 31.8 Å². The van der Waals surface area contributed by atoms with Crippen LogP contribution in [0.4, 0.5) is 4.39 Å². The van der Waals surface area contributed by atoms with Gasteiger partial charge in [-0.3, -0.25) is 9.78 Å². The molecular weight excluding hydrogens is 345 g/mol. The van der Waals surface area contributed by atoms with Crippen molar-refractivity contribution in [2.24, 2.45) is 0 Å². The maximum atomic E-state index is 13.8. The first kappa shape index (κ1) is 17.3. The highest BCUT2D eigenvalue weighted by Crippen LogP contribution is 2.31. The van der Waals surface area contributed by atoms with Crippen molar-refractivity contribution in [3.63, 3.8) is 0 Å². The molecule has 0 spiro atoms. The van der Waals surface area contributed by atoms with Gasteiger partial charge < -0.3 is 4.90 Å². The zero-order chi connectivity index (χ0) is 18.6. The van der Waals surface area contributed by atoms with Crippen LogP contribution in [-0.2, 0) is 6.54 Å². The Morgan fingerprint density at radius 3 is 2.89 bits per heavy atom. The predicted molar refractivity (Wildman–Crippen MR) is 97.4 cm³/mol. The van der Waals surface area contributed by atoms with Gasteiger partial charge in [0.1, 0.15) is 5.82 Å². The van der Waals surface area contributed by atoms with Crippen molar-refractivity contribution in [3.05, 3.63) is 77.6 Å². The second-order valence-corrected chi connectivity index (χ2v) is 6.69. The SMILES string of the molecule is O=C(c1cn(Cc2ccccc2F)nn1)N1CCCC[C@@H]1c1cccnc1. The molecular formula is C20H20FN5O. The van der Waals surface area contributed by atoms with Gasteiger partial charge in [0.25, 0.3) is 5.91 Å². The molecule has 1 aliphatic heterocycles. The van der Waals surface area contributed by atoms with Crippen LogP contribution >= 0.6 is 0 Å². The van der Waals surface area contributed by atoms with Gasteiger partial charge in [-0.25, -0.2) is 9.07 Å². The Morgan fingerprint density at radius 1 is 1.19 bits per heavy atom. The van der Waals surface area contributed by atoms with E-state index in [2.05, 4.69) is 15.3 Å². The number of piperidine rings is 1. The summed E-state index contributed by atoms with van der Waals surface area (Å²) in [5.74, 6) is -0.447. The first-order chi connectivity index (χ1) is 13.2. The molecule has 0 radical (unpaired) electrons. The summed E-state index contributed by atoms with van der Waals surface area (Å²) in [4.78, 5) is 19.1. The minimum atomic E-state index is -0.298. The second-order valence-electron chi connectivity index (χ2n) is 6.69. The molecule has 0 saturated carbocycles. The molecule has 1 atom stereocenters. The largest absolute Gasteiger partial charge is 0.330 e. The highest BCUT2D eigenvalue weighted by Gasteiger charge is 2.30. The Bertz CT molecular complexity index is 927. The van der Waals surface area contributed by atoms with Gasteiger partial charge in [-0.15, -0.1) is 5.10 Å². The third-order valence-electron chi connectivity index (χ3n) is 4.88. The molecule has 2 aromatic heterocycles. The number of halogens is 1. The van der Waals surface area contributed by atoms with E-state index >= 15 is 0 Å². The molecule has 1 aromatic carbocycles. The van der Waals surface area contributed by atoms with E-state index in [9.17, 15) is 9.18 Å². The molecule has 0 bridgehead atoms. The van der Waals surface area contributed by atoms with E-state index in [1.165, 1.54) is 10.7 Å². The number of carbonyl (C=O) groups excluding carboxylic acids is 1. The lowest BCUT2D eigenvalue weighted by atomic mass is 9.96. The Hall–Kier alpha value is -3.09. The van der Waals surface area contributed by atoms with Gasteiger partial charge >= 0.3 is 0 Å². The third-order valence-corrected chi connectivity index (χ3v) is 4.88. The topological polar surface area (TPSA) is 63.9 Å². The smallest absolute Gasteiger partial charge is 0.276 e. The highest BCUT2D eigenvalue weighted by molar-refractivity contribution is 5.92. The normalized spacial score (nSPS) is 17.1. The molecule has 27 heavy (non-hydrogen) atoms. The van der Waals surface area contributed by atoms with Gasteiger partial charge in [-0.05, 0) is 37.0 Å². The molecule has 138 valence electrons. The lowest BCUT2D eigenvalue weighted by molar-refractivity contribution is 0.0605. The minimum Gasteiger partial charge on any atom is -0.330 e. The van der Waals surface area contributed by atoms with E-state index in [0.29, 0.717) is 12.1 Å². The third kappa shape index (κ3) is 3.72. The summed E-state index contributed by atoms with van der Waals surface area (Å²) in [5.41, 5.74) is 1.82. The Kier molecular flexibility index (Phi) is 4.91. The average Bonchev–Trinajstić information content (AvgIpc) is 3.18. The van der Waals surface area contributed by atoms with Crippen LogP contribution in [0.1, 0.15) is 46.9 Å². The number of benzene rings is 1. The number of hydrogen-bond donors (Lipinski definition) is 0. The van der Waals surface area contributed by atoms with Crippen molar-refractivity contribution >= 4 is 5.91 Å². The van der Waals surface area contributed by atoms with E-state index in [4.69, 9.17) is 0 Å². The standard InChI is InChI=1S/C20H20FN5O/c21-17-8-2-1-6-16(17)13-25-14-18(23-24-25)20(27)26-11-4-3-9-19(26)15-7-5-10-22-12-15/h1-2,5-8,10,12,14,19H,3-4,9,11,13H2/t19-/m1/s1. The van der Waals surface area contributed by atoms with Crippen LogP contribution in [0.2, 0.25) is 0 Å². The van der Waals surface area contributed by atoms with E-state index in [1.54, 1.807) is 30.6 Å². The summed E-state index contributed by atoms with van der Waals surface area (Å²) in [6, 6.07) is 10.4. The molecule has 3 aromatic rings. The number of aromatic nitrogens is 4. The molecule has 0 N–H and O–H groups in total. The van der Waals surface area contributed by atoms with Crippen molar-refractivity contribution in [2.75, 3.05) is 6.54 Å². The lowest BCUT2D eigenvalue weighted by Crippen LogP contribution is -2.38. The number of pyridine rings is 1. The van der Waals surface area contributed by atoms with Crippen molar-refractivity contribution in [1.29, 1.82) is 0 Å². The zero-order valence-electron chi connectivity index (χ0n) is 14.8. The van der Waals surface area contributed by atoms with Crippen LogP contribution in [0.5, 0.6) is 0 Å².